The molecule has 0 unspecified atom stereocenters. The third-order valence-corrected chi connectivity index (χ3v) is 3.82. The van der Waals surface area contributed by atoms with E-state index in [9.17, 15) is 9.18 Å². The molecule has 0 saturated heterocycles. The van der Waals surface area contributed by atoms with Crippen LogP contribution in [0.5, 0.6) is 0 Å². The number of carbonyl (C=O) groups excluding carboxylic acids is 1. The molecule has 0 aromatic heterocycles. The first-order valence-electron chi connectivity index (χ1n) is 7.06. The van der Waals surface area contributed by atoms with Crippen LogP contribution in [0.4, 0.5) is 15.8 Å². The minimum Gasteiger partial charge on any atom is -0.384 e. The Bertz CT molecular complexity index is 667. The topological polar surface area (TPSA) is 32.3 Å². The highest BCUT2D eigenvalue weighted by molar-refractivity contribution is 6.09. The van der Waals surface area contributed by atoms with Gasteiger partial charge in [0, 0.05) is 19.3 Å². The lowest BCUT2D eigenvalue weighted by Gasteiger charge is -2.24. The van der Waals surface area contributed by atoms with Gasteiger partial charge in [-0.15, -0.1) is 0 Å². The van der Waals surface area contributed by atoms with Crippen molar-refractivity contribution in [1.29, 1.82) is 0 Å². The van der Waals surface area contributed by atoms with Gasteiger partial charge in [0.1, 0.15) is 5.82 Å². The van der Waals surface area contributed by atoms with Crippen LogP contribution in [0.1, 0.15) is 22.3 Å². The van der Waals surface area contributed by atoms with Crippen molar-refractivity contribution in [2.45, 2.75) is 12.8 Å². The van der Waals surface area contributed by atoms with E-state index in [1.165, 1.54) is 17.7 Å². The molecule has 1 aliphatic heterocycles. The summed E-state index contributed by atoms with van der Waals surface area (Å²) in [6.07, 6.45) is 2.07. The lowest BCUT2D eigenvalue weighted by Crippen LogP contribution is -2.28. The molecule has 1 N–H and O–H groups in total. The van der Waals surface area contributed by atoms with Crippen molar-refractivity contribution in [2.75, 3.05) is 23.8 Å². The lowest BCUT2D eigenvalue weighted by molar-refractivity contribution is 0.0993. The summed E-state index contributed by atoms with van der Waals surface area (Å²) in [5, 5.41) is 3.32. The zero-order valence-electron chi connectivity index (χ0n) is 11.9. The Hall–Kier alpha value is -2.36. The van der Waals surface area contributed by atoms with Crippen LogP contribution in [0.25, 0.3) is 0 Å². The predicted octanol–water partition coefficient (Wildman–Crippen LogP) is 3.46. The second-order valence-electron chi connectivity index (χ2n) is 5.21. The minimum atomic E-state index is -0.307. The molecule has 0 aliphatic carbocycles. The monoisotopic (exact) mass is 284 g/mol. The number of fused-ring (bicyclic) bond motifs is 1. The average Bonchev–Trinajstić information content (AvgIpc) is 2.53. The summed E-state index contributed by atoms with van der Waals surface area (Å²) in [5.41, 5.74) is 3.45. The lowest BCUT2D eigenvalue weighted by atomic mass is 9.99. The van der Waals surface area contributed by atoms with Crippen molar-refractivity contribution in [2.24, 2.45) is 0 Å². The Labute approximate surface area is 123 Å². The van der Waals surface area contributed by atoms with Gasteiger partial charge in [0.2, 0.25) is 0 Å². The molecule has 2 aromatic rings. The van der Waals surface area contributed by atoms with E-state index >= 15 is 0 Å². The van der Waals surface area contributed by atoms with E-state index in [4.69, 9.17) is 0 Å². The van der Waals surface area contributed by atoms with E-state index in [0.29, 0.717) is 11.3 Å². The molecule has 4 heteroatoms. The summed E-state index contributed by atoms with van der Waals surface area (Å²) in [6, 6.07) is 11.7. The zero-order valence-corrected chi connectivity index (χ0v) is 11.9. The number of nitrogens with one attached hydrogen (secondary N) is 1. The summed E-state index contributed by atoms with van der Waals surface area (Å²) in [7, 11) is 1.71. The highest BCUT2D eigenvalue weighted by Gasteiger charge is 2.20. The van der Waals surface area contributed by atoms with Gasteiger partial charge < -0.3 is 10.2 Å². The number of carbonyl (C=O) groups is 1. The average molecular weight is 284 g/mol. The summed E-state index contributed by atoms with van der Waals surface area (Å²) in [6.45, 7) is 0.886. The van der Waals surface area contributed by atoms with Crippen LogP contribution >= 0.6 is 0 Å². The summed E-state index contributed by atoms with van der Waals surface area (Å²) in [4.78, 5) is 14.2. The van der Waals surface area contributed by atoms with Crippen LogP contribution in [-0.2, 0) is 6.42 Å². The van der Waals surface area contributed by atoms with Crippen molar-refractivity contribution in [3.63, 3.8) is 0 Å². The standard InChI is InChI=1S/C17H17FN2O/c1-20(14-9-7-13(18)8-10-14)17(21)15-6-2-4-12-5-3-11-19-16(12)15/h2,4,6-10,19H,3,5,11H2,1H3. The molecule has 1 heterocycles. The van der Waals surface area contributed by atoms with Gasteiger partial charge in [-0.3, -0.25) is 4.79 Å². The molecule has 2 aromatic carbocycles. The zero-order chi connectivity index (χ0) is 14.8. The maximum atomic E-state index is 13.0. The van der Waals surface area contributed by atoms with Crippen LogP contribution < -0.4 is 10.2 Å². The van der Waals surface area contributed by atoms with Gasteiger partial charge in [-0.1, -0.05) is 12.1 Å². The van der Waals surface area contributed by atoms with Gasteiger partial charge >= 0.3 is 0 Å². The SMILES string of the molecule is CN(C(=O)c1cccc2c1NCCC2)c1ccc(F)cc1. The van der Waals surface area contributed by atoms with E-state index < -0.39 is 0 Å². The number of benzene rings is 2. The number of aryl methyl sites for hydroxylation is 1. The minimum absolute atomic E-state index is 0.0899. The Morgan fingerprint density at radius 3 is 2.71 bits per heavy atom. The fourth-order valence-electron chi connectivity index (χ4n) is 2.65. The largest absolute Gasteiger partial charge is 0.384 e. The predicted molar refractivity (Wildman–Crippen MR) is 82.4 cm³/mol. The molecule has 1 aliphatic rings. The first-order valence-corrected chi connectivity index (χ1v) is 7.06. The molecule has 0 bridgehead atoms. The molecular formula is C17H17FN2O. The first-order chi connectivity index (χ1) is 10.2. The van der Waals surface area contributed by atoms with Crippen LogP contribution in [0.3, 0.4) is 0 Å². The third kappa shape index (κ3) is 2.61. The van der Waals surface area contributed by atoms with Gasteiger partial charge in [0.25, 0.3) is 5.91 Å². The van der Waals surface area contributed by atoms with Gasteiger partial charge in [0.15, 0.2) is 0 Å². The van der Waals surface area contributed by atoms with E-state index in [1.54, 1.807) is 24.1 Å². The normalized spacial score (nSPS) is 13.2. The Balaban J connectivity index is 1.93. The van der Waals surface area contributed by atoms with Crippen LogP contribution in [-0.4, -0.2) is 19.5 Å². The van der Waals surface area contributed by atoms with Crippen molar-refractivity contribution in [3.05, 3.63) is 59.4 Å². The number of halogens is 1. The molecule has 0 fully saturated rings. The van der Waals surface area contributed by atoms with Crippen LogP contribution in [0.15, 0.2) is 42.5 Å². The quantitative estimate of drug-likeness (QED) is 0.916. The van der Waals surface area contributed by atoms with Crippen molar-refractivity contribution < 1.29 is 9.18 Å². The molecule has 3 nitrogen and oxygen atoms in total. The number of nitrogens with zero attached hydrogens (tertiary/aromatic N) is 1. The molecule has 3 rings (SSSR count). The Morgan fingerprint density at radius 1 is 1.19 bits per heavy atom. The fourth-order valence-corrected chi connectivity index (χ4v) is 2.65. The smallest absolute Gasteiger partial charge is 0.260 e. The van der Waals surface area contributed by atoms with Crippen molar-refractivity contribution in [1.82, 2.24) is 0 Å². The van der Waals surface area contributed by atoms with Gasteiger partial charge in [0.05, 0.1) is 11.3 Å². The molecule has 21 heavy (non-hydrogen) atoms. The highest BCUT2D eigenvalue weighted by Crippen LogP contribution is 2.28. The molecule has 0 atom stereocenters. The highest BCUT2D eigenvalue weighted by atomic mass is 19.1. The van der Waals surface area contributed by atoms with E-state index in [1.807, 2.05) is 12.1 Å². The second kappa shape index (κ2) is 5.56. The molecular weight excluding hydrogens is 267 g/mol. The third-order valence-electron chi connectivity index (χ3n) is 3.82. The van der Waals surface area contributed by atoms with Gasteiger partial charge in [-0.25, -0.2) is 4.39 Å². The number of anilines is 2. The van der Waals surface area contributed by atoms with Crippen LogP contribution in [0.2, 0.25) is 0 Å². The molecule has 0 spiro atoms. The Morgan fingerprint density at radius 2 is 1.95 bits per heavy atom. The summed E-state index contributed by atoms with van der Waals surface area (Å²) < 4.78 is 13.0. The molecule has 108 valence electrons. The summed E-state index contributed by atoms with van der Waals surface area (Å²) >= 11 is 0. The van der Waals surface area contributed by atoms with Crippen LogP contribution in [0, 0.1) is 5.82 Å². The van der Waals surface area contributed by atoms with E-state index in [-0.39, 0.29) is 11.7 Å². The number of rotatable bonds is 2. The number of para-hydroxylation sites is 1. The second-order valence-corrected chi connectivity index (χ2v) is 5.21. The fraction of sp³-hybridized carbons (Fsp3) is 0.235. The van der Waals surface area contributed by atoms with E-state index in [2.05, 4.69) is 11.4 Å². The maximum Gasteiger partial charge on any atom is 0.260 e. The van der Waals surface area contributed by atoms with Crippen molar-refractivity contribution in [3.8, 4) is 0 Å². The first kappa shape index (κ1) is 13.6. The Kier molecular flexibility index (Phi) is 3.60. The van der Waals surface area contributed by atoms with Gasteiger partial charge in [-0.2, -0.15) is 0 Å². The molecule has 1 amide bonds. The van der Waals surface area contributed by atoms with Crippen molar-refractivity contribution >= 4 is 17.3 Å². The maximum absolute atomic E-state index is 13.0. The number of amides is 1. The molecule has 0 saturated carbocycles. The number of hydrogen-bond acceptors (Lipinski definition) is 2. The number of hydrogen-bond donors (Lipinski definition) is 1. The van der Waals surface area contributed by atoms with Gasteiger partial charge in [-0.05, 0) is 48.7 Å². The van der Waals surface area contributed by atoms with E-state index in [0.717, 1.165) is 25.1 Å². The molecule has 0 radical (unpaired) electrons. The summed E-state index contributed by atoms with van der Waals surface area (Å²) in [5.74, 6) is -0.397.